The Labute approximate surface area is 181 Å². The van der Waals surface area contributed by atoms with Crippen molar-refractivity contribution < 1.29 is 14.5 Å². The topological polar surface area (TPSA) is 166 Å². The van der Waals surface area contributed by atoms with Crippen LogP contribution < -0.4 is 16.6 Å². The minimum atomic E-state index is -1.15. The molecule has 2 aromatic heterocycles. The Balaban J connectivity index is 2.04. The first-order valence-electron chi connectivity index (χ1n) is 9.31. The van der Waals surface area contributed by atoms with Crippen LogP contribution in [0.25, 0.3) is 5.69 Å². The Morgan fingerprint density at radius 2 is 1.91 bits per heavy atom. The molecule has 0 aliphatic heterocycles. The zero-order valence-electron chi connectivity index (χ0n) is 17.2. The molecule has 1 aromatic carbocycles. The summed E-state index contributed by atoms with van der Waals surface area (Å²) in [5.41, 5.74) is 5.35. The van der Waals surface area contributed by atoms with Gasteiger partial charge in [0.1, 0.15) is 24.0 Å². The monoisotopic (exact) mass is 434 g/mol. The van der Waals surface area contributed by atoms with Crippen LogP contribution in [0.3, 0.4) is 0 Å². The van der Waals surface area contributed by atoms with Crippen LogP contribution in [0.2, 0.25) is 0 Å². The Bertz CT molecular complexity index is 1350. The van der Waals surface area contributed by atoms with Crippen molar-refractivity contribution in [2.45, 2.75) is 20.4 Å². The van der Waals surface area contributed by atoms with Gasteiger partial charge >= 0.3 is 0 Å². The van der Waals surface area contributed by atoms with Crippen molar-refractivity contribution in [2.75, 3.05) is 5.32 Å². The largest absolute Gasteiger partial charge is 0.365 e. The van der Waals surface area contributed by atoms with Crippen molar-refractivity contribution in [1.82, 2.24) is 9.13 Å². The van der Waals surface area contributed by atoms with E-state index in [4.69, 9.17) is 5.73 Å². The van der Waals surface area contributed by atoms with E-state index in [1.54, 1.807) is 42.7 Å². The number of rotatable bonds is 6. The summed E-state index contributed by atoms with van der Waals surface area (Å²) in [7, 11) is 0. The van der Waals surface area contributed by atoms with Gasteiger partial charge in [-0.05, 0) is 31.5 Å². The number of nitrogens with zero attached hydrogens (tertiary/aromatic N) is 4. The average Bonchev–Trinajstić information content (AvgIpc) is 2.98. The fourth-order valence-electron chi connectivity index (χ4n) is 3.30. The molecule has 2 amide bonds. The van der Waals surface area contributed by atoms with Gasteiger partial charge in [0.25, 0.3) is 17.2 Å². The van der Waals surface area contributed by atoms with E-state index < -0.39 is 40.1 Å². The number of aromatic nitrogens is 2. The van der Waals surface area contributed by atoms with Crippen molar-refractivity contribution in [3.63, 3.8) is 0 Å². The maximum absolute atomic E-state index is 12.8. The molecule has 0 aliphatic rings. The van der Waals surface area contributed by atoms with Crippen molar-refractivity contribution in [3.05, 3.63) is 85.4 Å². The molecule has 0 saturated heterocycles. The molecule has 0 aliphatic carbocycles. The first-order chi connectivity index (χ1) is 15.1. The van der Waals surface area contributed by atoms with Gasteiger partial charge in [0.05, 0.1) is 16.7 Å². The summed E-state index contributed by atoms with van der Waals surface area (Å²) >= 11 is 0. The van der Waals surface area contributed by atoms with Crippen LogP contribution in [0.15, 0.2) is 47.4 Å². The predicted molar refractivity (Wildman–Crippen MR) is 114 cm³/mol. The van der Waals surface area contributed by atoms with E-state index in [1.807, 2.05) is 6.07 Å². The van der Waals surface area contributed by atoms with Gasteiger partial charge in [-0.1, -0.05) is 18.2 Å². The minimum Gasteiger partial charge on any atom is -0.365 e. The summed E-state index contributed by atoms with van der Waals surface area (Å²) < 4.78 is 2.42. The lowest BCUT2D eigenvalue weighted by molar-refractivity contribution is -0.385. The number of nitrogens with one attached hydrogen (secondary N) is 1. The lowest BCUT2D eigenvalue weighted by Crippen LogP contribution is -2.33. The quantitative estimate of drug-likeness (QED) is 0.443. The number of amides is 2. The average molecular weight is 434 g/mol. The summed E-state index contributed by atoms with van der Waals surface area (Å²) in [4.78, 5) is 47.1. The second-order valence-corrected chi connectivity index (χ2v) is 6.93. The molecule has 0 atom stereocenters. The second-order valence-electron chi connectivity index (χ2n) is 6.93. The molecule has 32 heavy (non-hydrogen) atoms. The number of nitro groups is 1. The van der Waals surface area contributed by atoms with Crippen LogP contribution in [0.5, 0.6) is 0 Å². The highest BCUT2D eigenvalue weighted by Crippen LogP contribution is 2.29. The van der Waals surface area contributed by atoms with Crippen molar-refractivity contribution in [3.8, 4) is 11.8 Å². The summed E-state index contributed by atoms with van der Waals surface area (Å²) in [6, 6.07) is 11.9. The Kier molecular flexibility index (Phi) is 5.88. The van der Waals surface area contributed by atoms with E-state index in [1.165, 1.54) is 0 Å². The molecule has 0 radical (unpaired) electrons. The molecule has 162 valence electrons. The molecule has 0 unspecified atom stereocenters. The number of carbonyl (C=O) groups excluding carboxylic acids is 2. The van der Waals surface area contributed by atoms with Gasteiger partial charge in [-0.15, -0.1) is 0 Å². The first-order valence-corrected chi connectivity index (χ1v) is 9.31. The fourth-order valence-corrected chi connectivity index (χ4v) is 3.30. The van der Waals surface area contributed by atoms with Gasteiger partial charge in [0.15, 0.2) is 0 Å². The zero-order valence-corrected chi connectivity index (χ0v) is 17.2. The molecular formula is C21H18N6O5. The van der Waals surface area contributed by atoms with Crippen molar-refractivity contribution in [2.24, 2.45) is 5.73 Å². The standard InChI is InChI=1S/C21H18N6O5/c1-12-13(2)26(14-6-4-3-5-7-14)20(17(12)9-22)24-18(28)11-25-10-15(27(31)32)8-16(19(23)29)21(25)30/h3-8,10H,11H2,1-2H3,(H2,23,29)(H,24,28). The van der Waals surface area contributed by atoms with Crippen LogP contribution in [0.1, 0.15) is 27.2 Å². The maximum atomic E-state index is 12.8. The number of pyridine rings is 1. The first kappa shape index (κ1) is 22.0. The van der Waals surface area contributed by atoms with E-state index in [0.29, 0.717) is 11.3 Å². The number of benzene rings is 1. The molecule has 3 aromatic rings. The SMILES string of the molecule is Cc1c(C#N)c(NC(=O)Cn2cc([N+](=O)[O-])cc(C(N)=O)c2=O)n(-c2ccccc2)c1C. The number of nitriles is 1. The molecule has 11 nitrogen and oxygen atoms in total. The lowest BCUT2D eigenvalue weighted by Gasteiger charge is -2.14. The van der Waals surface area contributed by atoms with E-state index in [9.17, 15) is 29.8 Å². The van der Waals surface area contributed by atoms with E-state index in [0.717, 1.165) is 22.5 Å². The smallest absolute Gasteiger partial charge is 0.286 e. The number of carbonyl (C=O) groups is 2. The number of para-hydroxylation sites is 1. The third-order valence-corrected chi connectivity index (χ3v) is 4.96. The van der Waals surface area contributed by atoms with Crippen LogP contribution in [-0.2, 0) is 11.3 Å². The summed E-state index contributed by atoms with van der Waals surface area (Å²) in [6.45, 7) is 2.90. The number of hydrogen-bond donors (Lipinski definition) is 2. The Morgan fingerprint density at radius 1 is 1.25 bits per heavy atom. The number of primary amides is 1. The molecule has 3 rings (SSSR count). The van der Waals surface area contributed by atoms with Crippen LogP contribution in [0, 0.1) is 35.3 Å². The zero-order chi connectivity index (χ0) is 23.6. The predicted octanol–water partition coefficient (Wildman–Crippen LogP) is 1.77. The van der Waals surface area contributed by atoms with Gasteiger partial charge in [-0.2, -0.15) is 5.26 Å². The van der Waals surface area contributed by atoms with Crippen LogP contribution >= 0.6 is 0 Å². The molecule has 0 spiro atoms. The van der Waals surface area contributed by atoms with Gasteiger partial charge in [0, 0.05) is 17.4 Å². The van der Waals surface area contributed by atoms with Gasteiger partial charge in [-0.25, -0.2) is 0 Å². The summed E-state index contributed by atoms with van der Waals surface area (Å²) in [5.74, 6) is -1.68. The third kappa shape index (κ3) is 3.97. The molecule has 0 saturated carbocycles. The van der Waals surface area contributed by atoms with E-state index >= 15 is 0 Å². The highest BCUT2D eigenvalue weighted by Gasteiger charge is 2.22. The third-order valence-electron chi connectivity index (χ3n) is 4.96. The molecule has 0 fully saturated rings. The highest BCUT2D eigenvalue weighted by molar-refractivity contribution is 5.94. The van der Waals surface area contributed by atoms with Crippen LogP contribution in [-0.4, -0.2) is 25.9 Å². The summed E-state index contributed by atoms with van der Waals surface area (Å²) in [5, 5.41) is 23.4. The molecule has 2 heterocycles. The number of anilines is 1. The van der Waals surface area contributed by atoms with E-state index in [2.05, 4.69) is 11.4 Å². The Hall–Kier alpha value is -4.72. The molecule has 0 bridgehead atoms. The second kappa shape index (κ2) is 8.57. The van der Waals surface area contributed by atoms with Crippen molar-refractivity contribution >= 4 is 23.3 Å². The summed E-state index contributed by atoms with van der Waals surface area (Å²) in [6.07, 6.45) is 0.853. The normalized spacial score (nSPS) is 10.4. The van der Waals surface area contributed by atoms with Crippen molar-refractivity contribution in [1.29, 1.82) is 5.26 Å². The van der Waals surface area contributed by atoms with Crippen LogP contribution in [0.4, 0.5) is 11.5 Å². The van der Waals surface area contributed by atoms with Gasteiger partial charge < -0.3 is 11.1 Å². The Morgan fingerprint density at radius 3 is 2.47 bits per heavy atom. The van der Waals surface area contributed by atoms with Gasteiger partial charge in [-0.3, -0.25) is 33.6 Å². The lowest BCUT2D eigenvalue weighted by atomic mass is 10.2. The van der Waals surface area contributed by atoms with Gasteiger partial charge in [0.2, 0.25) is 5.91 Å². The molecule has 3 N–H and O–H groups in total. The number of hydrogen-bond acceptors (Lipinski definition) is 6. The highest BCUT2D eigenvalue weighted by atomic mass is 16.6. The van der Waals surface area contributed by atoms with E-state index in [-0.39, 0.29) is 11.4 Å². The molecule has 11 heteroatoms. The molecular weight excluding hydrogens is 416 g/mol. The fraction of sp³-hybridized carbons (Fsp3) is 0.143. The number of nitrogens with two attached hydrogens (primary N) is 1. The minimum absolute atomic E-state index is 0.201. The maximum Gasteiger partial charge on any atom is 0.286 e.